The number of aryl methyl sites for hydroxylation is 1. The van der Waals surface area contributed by atoms with Crippen LogP contribution in [0.5, 0.6) is 5.75 Å². The number of para-hydroxylation sites is 1. The van der Waals surface area contributed by atoms with Gasteiger partial charge in [-0.2, -0.15) is 0 Å². The molecule has 4 nitrogen and oxygen atoms in total. The second kappa shape index (κ2) is 7.77. The van der Waals surface area contributed by atoms with Crippen molar-refractivity contribution in [1.82, 2.24) is 4.90 Å². The Morgan fingerprint density at radius 2 is 1.73 bits per heavy atom. The Morgan fingerprint density at radius 1 is 1.04 bits per heavy atom. The summed E-state index contributed by atoms with van der Waals surface area (Å²) in [5, 5.41) is 0. The first-order valence-electron chi connectivity index (χ1n) is 8.98. The van der Waals surface area contributed by atoms with Gasteiger partial charge in [-0.25, -0.2) is 4.39 Å². The van der Waals surface area contributed by atoms with E-state index < -0.39 is 6.10 Å². The van der Waals surface area contributed by atoms with Gasteiger partial charge in [-0.3, -0.25) is 4.79 Å². The van der Waals surface area contributed by atoms with Crippen LogP contribution in [0.15, 0.2) is 42.5 Å². The van der Waals surface area contributed by atoms with E-state index in [4.69, 9.17) is 4.74 Å². The van der Waals surface area contributed by atoms with Gasteiger partial charge in [0.2, 0.25) is 0 Å². The molecule has 2 aromatic carbocycles. The number of ether oxygens (including phenoxy) is 1. The molecule has 5 heteroatoms. The number of hydrogen-bond donors (Lipinski definition) is 0. The van der Waals surface area contributed by atoms with E-state index in [1.54, 1.807) is 24.0 Å². The molecule has 0 aromatic heterocycles. The topological polar surface area (TPSA) is 32.8 Å². The van der Waals surface area contributed by atoms with E-state index >= 15 is 0 Å². The van der Waals surface area contributed by atoms with Crippen LogP contribution in [0.2, 0.25) is 0 Å². The number of carbonyl (C=O) groups excluding carboxylic acids is 1. The molecule has 0 N–H and O–H groups in total. The molecule has 0 unspecified atom stereocenters. The molecule has 3 rings (SSSR count). The molecular weight excluding hydrogens is 331 g/mol. The zero-order valence-corrected chi connectivity index (χ0v) is 15.5. The molecule has 0 radical (unpaired) electrons. The quantitative estimate of drug-likeness (QED) is 0.840. The Balaban J connectivity index is 1.59. The molecule has 138 valence electrons. The first kappa shape index (κ1) is 18.2. The smallest absolute Gasteiger partial charge is 0.263 e. The monoisotopic (exact) mass is 356 g/mol. The number of rotatable bonds is 4. The van der Waals surface area contributed by atoms with Crippen molar-refractivity contribution in [3.8, 4) is 5.75 Å². The van der Waals surface area contributed by atoms with Gasteiger partial charge < -0.3 is 14.5 Å². The van der Waals surface area contributed by atoms with Gasteiger partial charge in [0.05, 0.1) is 5.69 Å². The van der Waals surface area contributed by atoms with Gasteiger partial charge in [-0.15, -0.1) is 0 Å². The lowest BCUT2D eigenvalue weighted by atomic mass is 10.1. The first-order chi connectivity index (χ1) is 12.5. The molecule has 0 bridgehead atoms. The summed E-state index contributed by atoms with van der Waals surface area (Å²) < 4.78 is 19.8. The molecule has 1 saturated heterocycles. The summed E-state index contributed by atoms with van der Waals surface area (Å²) >= 11 is 0. The Labute approximate surface area is 154 Å². The second-order valence-electron chi connectivity index (χ2n) is 6.72. The Kier molecular flexibility index (Phi) is 5.45. The molecule has 1 atom stereocenters. The van der Waals surface area contributed by atoms with E-state index in [1.807, 2.05) is 43.0 Å². The average Bonchev–Trinajstić information content (AvgIpc) is 2.65. The fourth-order valence-corrected chi connectivity index (χ4v) is 3.23. The van der Waals surface area contributed by atoms with Crippen molar-refractivity contribution in [1.29, 1.82) is 0 Å². The molecule has 1 amide bonds. The molecule has 2 aromatic rings. The first-order valence-corrected chi connectivity index (χ1v) is 8.98. The van der Waals surface area contributed by atoms with Crippen LogP contribution in [0.1, 0.15) is 18.1 Å². The van der Waals surface area contributed by atoms with Crippen LogP contribution in [0.25, 0.3) is 0 Å². The van der Waals surface area contributed by atoms with Crippen molar-refractivity contribution in [2.45, 2.75) is 26.9 Å². The van der Waals surface area contributed by atoms with E-state index in [1.165, 1.54) is 6.07 Å². The Morgan fingerprint density at radius 3 is 2.42 bits per heavy atom. The summed E-state index contributed by atoms with van der Waals surface area (Å²) in [6, 6.07) is 12.6. The maximum Gasteiger partial charge on any atom is 0.263 e. The van der Waals surface area contributed by atoms with Gasteiger partial charge >= 0.3 is 0 Å². The van der Waals surface area contributed by atoms with E-state index in [2.05, 4.69) is 0 Å². The van der Waals surface area contributed by atoms with E-state index in [0.717, 1.165) is 16.9 Å². The molecule has 1 heterocycles. The van der Waals surface area contributed by atoms with Crippen LogP contribution >= 0.6 is 0 Å². The van der Waals surface area contributed by atoms with E-state index in [-0.39, 0.29) is 11.7 Å². The van der Waals surface area contributed by atoms with Crippen molar-refractivity contribution in [3.63, 3.8) is 0 Å². The highest BCUT2D eigenvalue weighted by atomic mass is 19.1. The number of piperazine rings is 1. The van der Waals surface area contributed by atoms with Crippen molar-refractivity contribution in [3.05, 3.63) is 59.4 Å². The van der Waals surface area contributed by atoms with Crippen molar-refractivity contribution < 1.29 is 13.9 Å². The normalized spacial score (nSPS) is 15.7. The SMILES string of the molecule is Cc1cccc(O[C@@H](C)C(=O)N2CCN(c3ccccc3F)CC2)c1C. The lowest BCUT2D eigenvalue weighted by molar-refractivity contribution is -0.138. The van der Waals surface area contributed by atoms with Gasteiger partial charge in [-0.05, 0) is 50.1 Å². The molecule has 1 aliphatic heterocycles. The van der Waals surface area contributed by atoms with Crippen molar-refractivity contribution >= 4 is 11.6 Å². The third-order valence-electron chi connectivity index (χ3n) is 4.99. The zero-order valence-electron chi connectivity index (χ0n) is 15.5. The minimum absolute atomic E-state index is 0.0286. The van der Waals surface area contributed by atoms with E-state index in [9.17, 15) is 9.18 Å². The van der Waals surface area contributed by atoms with Gasteiger partial charge in [0.1, 0.15) is 11.6 Å². The number of amides is 1. The molecule has 0 saturated carbocycles. The Hall–Kier alpha value is -2.56. The summed E-state index contributed by atoms with van der Waals surface area (Å²) in [6.45, 7) is 8.16. The number of halogens is 1. The molecule has 0 spiro atoms. The average molecular weight is 356 g/mol. The van der Waals surface area contributed by atoms with E-state index in [0.29, 0.717) is 31.9 Å². The fraction of sp³-hybridized carbons (Fsp3) is 0.381. The molecular formula is C21H25FN2O2. The highest BCUT2D eigenvalue weighted by molar-refractivity contribution is 5.81. The standard InChI is InChI=1S/C21H25FN2O2/c1-15-7-6-10-20(16(15)2)26-17(3)21(25)24-13-11-23(12-14-24)19-9-5-4-8-18(19)22/h4-10,17H,11-14H2,1-3H3/t17-/m0/s1. The third kappa shape index (κ3) is 3.82. The molecule has 1 aliphatic rings. The molecule has 0 aliphatic carbocycles. The molecule has 26 heavy (non-hydrogen) atoms. The number of carbonyl (C=O) groups is 1. The summed E-state index contributed by atoms with van der Waals surface area (Å²) in [4.78, 5) is 16.5. The number of nitrogens with zero attached hydrogens (tertiary/aromatic N) is 2. The number of hydrogen-bond acceptors (Lipinski definition) is 3. The highest BCUT2D eigenvalue weighted by Crippen LogP contribution is 2.23. The van der Waals surface area contributed by atoms with Crippen molar-refractivity contribution in [2.75, 3.05) is 31.1 Å². The Bertz CT molecular complexity index is 785. The van der Waals surface area contributed by atoms with Crippen LogP contribution in [-0.2, 0) is 4.79 Å². The summed E-state index contributed by atoms with van der Waals surface area (Å²) in [5.41, 5.74) is 2.79. The van der Waals surface area contributed by atoms with Gasteiger partial charge in [0.15, 0.2) is 6.10 Å². The summed E-state index contributed by atoms with van der Waals surface area (Å²) in [6.07, 6.45) is -0.546. The van der Waals surface area contributed by atoms with Crippen LogP contribution in [0.3, 0.4) is 0 Å². The predicted octanol–water partition coefficient (Wildman–Crippen LogP) is 3.56. The van der Waals surface area contributed by atoms with Gasteiger partial charge in [-0.1, -0.05) is 24.3 Å². The molecule has 1 fully saturated rings. The maximum absolute atomic E-state index is 13.9. The lowest BCUT2D eigenvalue weighted by Crippen LogP contribution is -2.52. The van der Waals surface area contributed by atoms with Crippen LogP contribution in [0, 0.1) is 19.7 Å². The second-order valence-corrected chi connectivity index (χ2v) is 6.72. The third-order valence-corrected chi connectivity index (χ3v) is 4.99. The number of anilines is 1. The fourth-order valence-electron chi connectivity index (χ4n) is 3.23. The maximum atomic E-state index is 13.9. The summed E-state index contributed by atoms with van der Waals surface area (Å²) in [5.74, 6) is 0.494. The summed E-state index contributed by atoms with van der Waals surface area (Å²) in [7, 11) is 0. The minimum Gasteiger partial charge on any atom is -0.481 e. The van der Waals surface area contributed by atoms with Gasteiger partial charge in [0, 0.05) is 26.2 Å². The predicted molar refractivity (Wildman–Crippen MR) is 101 cm³/mol. The highest BCUT2D eigenvalue weighted by Gasteiger charge is 2.27. The van der Waals surface area contributed by atoms with Crippen LogP contribution < -0.4 is 9.64 Å². The zero-order chi connectivity index (χ0) is 18.7. The largest absolute Gasteiger partial charge is 0.481 e. The lowest BCUT2D eigenvalue weighted by Gasteiger charge is -2.37. The number of benzene rings is 2. The van der Waals surface area contributed by atoms with Crippen LogP contribution in [0.4, 0.5) is 10.1 Å². The van der Waals surface area contributed by atoms with Crippen LogP contribution in [-0.4, -0.2) is 43.1 Å². The van der Waals surface area contributed by atoms with Crippen molar-refractivity contribution in [2.24, 2.45) is 0 Å². The minimum atomic E-state index is -0.546. The van der Waals surface area contributed by atoms with Gasteiger partial charge in [0.25, 0.3) is 5.91 Å².